The fourth-order valence-electron chi connectivity index (χ4n) is 1.16. The van der Waals surface area contributed by atoms with E-state index in [0.717, 1.165) is 22.8 Å². The number of hydrogen-bond acceptors (Lipinski definition) is 6. The van der Waals surface area contributed by atoms with Gasteiger partial charge in [0.1, 0.15) is 16.3 Å². The first-order valence-electron chi connectivity index (χ1n) is 4.64. The molecule has 0 amide bonds. The Balaban J connectivity index is 3.10. The van der Waals surface area contributed by atoms with E-state index in [1.165, 1.54) is 18.5 Å². The Morgan fingerprint density at radius 2 is 2.11 bits per heavy atom. The number of sulfonamides is 1. The van der Waals surface area contributed by atoms with E-state index in [9.17, 15) is 18.0 Å². The molecule has 1 heterocycles. The molecule has 9 heteroatoms. The number of rotatable bonds is 5. The molecule has 0 spiro atoms. The number of aromatic carboxylic acids is 1. The minimum absolute atomic E-state index is 0.285. The Bertz CT molecular complexity index is 561. The highest BCUT2D eigenvalue weighted by Crippen LogP contribution is 2.24. The minimum atomic E-state index is -4.01. The van der Waals surface area contributed by atoms with Crippen molar-refractivity contribution in [1.82, 2.24) is 4.31 Å². The molecular formula is C9H11NO6S2. The number of hydrogen-bond donors (Lipinski definition) is 1. The highest BCUT2D eigenvalue weighted by Gasteiger charge is 2.29. The van der Waals surface area contributed by atoms with Crippen molar-refractivity contribution in [3.05, 3.63) is 16.3 Å². The Labute approximate surface area is 108 Å². The van der Waals surface area contributed by atoms with Crippen LogP contribution in [0.1, 0.15) is 9.67 Å². The second kappa shape index (κ2) is 5.46. The fourth-order valence-corrected chi connectivity index (χ4v) is 3.50. The molecule has 1 N–H and O–H groups in total. The zero-order valence-electron chi connectivity index (χ0n) is 9.61. The standard InChI is InChI=1S/C9H11NO6S2/c1-10(5-7(11)16-2)18(14,15)6-3-4-17-8(6)9(12)13/h3-4H,5H2,1-2H3,(H,12,13). The lowest BCUT2D eigenvalue weighted by atomic mass is 10.5. The highest BCUT2D eigenvalue weighted by atomic mass is 32.2. The Hall–Kier alpha value is -1.45. The van der Waals surface area contributed by atoms with E-state index < -0.39 is 28.5 Å². The SMILES string of the molecule is COC(=O)CN(C)S(=O)(=O)c1ccsc1C(=O)O. The van der Waals surface area contributed by atoms with E-state index in [1.54, 1.807) is 0 Å². The van der Waals surface area contributed by atoms with Crippen LogP contribution in [0.3, 0.4) is 0 Å². The Morgan fingerprint density at radius 3 is 2.61 bits per heavy atom. The fraction of sp³-hybridized carbons (Fsp3) is 0.333. The third-order valence-corrected chi connectivity index (χ3v) is 4.97. The monoisotopic (exact) mass is 293 g/mol. The van der Waals surface area contributed by atoms with Crippen molar-refractivity contribution in [3.8, 4) is 0 Å². The number of ether oxygens (including phenoxy) is 1. The summed E-state index contributed by atoms with van der Waals surface area (Å²) in [6.45, 7) is -0.478. The van der Waals surface area contributed by atoms with E-state index in [2.05, 4.69) is 4.74 Å². The van der Waals surface area contributed by atoms with Crippen LogP contribution in [0.25, 0.3) is 0 Å². The summed E-state index contributed by atoms with van der Waals surface area (Å²) >= 11 is 0.805. The number of nitrogens with zero attached hydrogens (tertiary/aromatic N) is 1. The second-order valence-corrected chi connectivity index (χ2v) is 6.19. The molecule has 100 valence electrons. The van der Waals surface area contributed by atoms with Crippen molar-refractivity contribution in [2.24, 2.45) is 0 Å². The summed E-state index contributed by atoms with van der Waals surface area (Å²) in [4.78, 5) is 21.3. The van der Waals surface area contributed by atoms with Crippen LogP contribution in [0, 0.1) is 0 Å². The number of carboxylic acids is 1. The van der Waals surface area contributed by atoms with Gasteiger partial charge in [-0.2, -0.15) is 4.31 Å². The van der Waals surface area contributed by atoms with Gasteiger partial charge in [-0.05, 0) is 11.4 Å². The second-order valence-electron chi connectivity index (χ2n) is 3.26. The van der Waals surface area contributed by atoms with Crippen LogP contribution in [0.2, 0.25) is 0 Å². The van der Waals surface area contributed by atoms with Gasteiger partial charge in [0.05, 0.1) is 7.11 Å². The molecular weight excluding hydrogens is 282 g/mol. The molecule has 1 aromatic rings. The number of thiophene rings is 1. The summed E-state index contributed by atoms with van der Waals surface area (Å²) < 4.78 is 29.2. The van der Waals surface area contributed by atoms with Crippen LogP contribution in [-0.2, 0) is 19.6 Å². The van der Waals surface area contributed by atoms with Gasteiger partial charge in [0.2, 0.25) is 10.0 Å². The number of esters is 1. The molecule has 18 heavy (non-hydrogen) atoms. The third kappa shape index (κ3) is 2.86. The van der Waals surface area contributed by atoms with Gasteiger partial charge >= 0.3 is 11.9 Å². The van der Waals surface area contributed by atoms with Gasteiger partial charge in [-0.1, -0.05) is 0 Å². The van der Waals surface area contributed by atoms with Gasteiger partial charge in [0.15, 0.2) is 0 Å². The van der Waals surface area contributed by atoms with E-state index in [4.69, 9.17) is 5.11 Å². The summed E-state index contributed by atoms with van der Waals surface area (Å²) in [5, 5.41) is 10.2. The van der Waals surface area contributed by atoms with Crippen LogP contribution < -0.4 is 0 Å². The predicted octanol–water partition coefficient (Wildman–Crippen LogP) is 0.240. The number of likely N-dealkylation sites (N-methyl/N-ethyl adjacent to an activating group) is 1. The number of carbonyl (C=O) groups excluding carboxylic acids is 1. The van der Waals surface area contributed by atoms with Gasteiger partial charge in [-0.3, -0.25) is 4.79 Å². The first kappa shape index (κ1) is 14.6. The number of methoxy groups -OCH3 is 1. The molecule has 1 aromatic heterocycles. The lowest BCUT2D eigenvalue weighted by Gasteiger charge is -2.15. The molecule has 0 aliphatic carbocycles. The molecule has 0 saturated heterocycles. The van der Waals surface area contributed by atoms with E-state index in [0.29, 0.717) is 0 Å². The van der Waals surface area contributed by atoms with Crippen LogP contribution in [-0.4, -0.2) is 50.5 Å². The summed E-state index contributed by atoms with van der Waals surface area (Å²) in [6.07, 6.45) is 0. The van der Waals surface area contributed by atoms with Gasteiger partial charge < -0.3 is 9.84 Å². The first-order valence-corrected chi connectivity index (χ1v) is 6.96. The van der Waals surface area contributed by atoms with Crippen molar-refractivity contribution >= 4 is 33.3 Å². The molecule has 0 aromatic carbocycles. The summed E-state index contributed by atoms with van der Waals surface area (Å²) in [7, 11) is -1.70. The summed E-state index contributed by atoms with van der Waals surface area (Å²) in [6, 6.07) is 1.19. The maximum atomic E-state index is 12.0. The summed E-state index contributed by atoms with van der Waals surface area (Å²) in [5.74, 6) is -2.05. The molecule has 1 rings (SSSR count). The molecule has 0 saturated carbocycles. The topological polar surface area (TPSA) is 101 Å². The lowest BCUT2D eigenvalue weighted by molar-refractivity contribution is -0.140. The summed E-state index contributed by atoms with van der Waals surface area (Å²) in [5.41, 5.74) is 0. The maximum absolute atomic E-state index is 12.0. The lowest BCUT2D eigenvalue weighted by Crippen LogP contribution is -2.33. The van der Waals surface area contributed by atoms with Crippen molar-refractivity contribution in [3.63, 3.8) is 0 Å². The molecule has 0 atom stereocenters. The molecule has 0 bridgehead atoms. The normalized spacial score (nSPS) is 11.5. The quantitative estimate of drug-likeness (QED) is 0.780. The van der Waals surface area contributed by atoms with E-state index in [-0.39, 0.29) is 9.77 Å². The van der Waals surface area contributed by atoms with Crippen molar-refractivity contribution in [2.45, 2.75) is 4.90 Å². The van der Waals surface area contributed by atoms with Crippen molar-refractivity contribution in [2.75, 3.05) is 20.7 Å². The Kier molecular flexibility index (Phi) is 4.43. The zero-order valence-corrected chi connectivity index (χ0v) is 11.2. The van der Waals surface area contributed by atoms with E-state index >= 15 is 0 Å². The van der Waals surface area contributed by atoms with Crippen LogP contribution in [0.15, 0.2) is 16.3 Å². The van der Waals surface area contributed by atoms with Crippen LogP contribution in [0.5, 0.6) is 0 Å². The average Bonchev–Trinajstić information content (AvgIpc) is 2.78. The van der Waals surface area contributed by atoms with E-state index in [1.807, 2.05) is 0 Å². The molecule has 0 radical (unpaired) electrons. The zero-order chi connectivity index (χ0) is 13.9. The van der Waals surface area contributed by atoms with Gasteiger partial charge in [-0.25, -0.2) is 13.2 Å². The number of carboxylic acid groups (broad SMARTS) is 1. The highest BCUT2D eigenvalue weighted by molar-refractivity contribution is 7.89. The predicted molar refractivity (Wildman–Crippen MR) is 63.1 cm³/mol. The van der Waals surface area contributed by atoms with Gasteiger partial charge in [0, 0.05) is 7.05 Å². The van der Waals surface area contributed by atoms with Crippen molar-refractivity contribution < 1.29 is 27.9 Å². The van der Waals surface area contributed by atoms with Gasteiger partial charge in [-0.15, -0.1) is 11.3 Å². The van der Waals surface area contributed by atoms with Crippen LogP contribution in [0.4, 0.5) is 0 Å². The third-order valence-electron chi connectivity index (χ3n) is 2.09. The molecule has 0 aliphatic rings. The smallest absolute Gasteiger partial charge is 0.347 e. The van der Waals surface area contributed by atoms with Crippen LogP contribution >= 0.6 is 11.3 Å². The largest absolute Gasteiger partial charge is 0.477 e. The Morgan fingerprint density at radius 1 is 1.50 bits per heavy atom. The average molecular weight is 293 g/mol. The molecule has 0 aliphatic heterocycles. The van der Waals surface area contributed by atoms with Gasteiger partial charge in [0.25, 0.3) is 0 Å². The number of carbonyl (C=O) groups is 2. The van der Waals surface area contributed by atoms with Crippen molar-refractivity contribution in [1.29, 1.82) is 0 Å². The molecule has 0 fully saturated rings. The molecule has 0 unspecified atom stereocenters. The minimum Gasteiger partial charge on any atom is -0.477 e. The maximum Gasteiger partial charge on any atom is 0.347 e. The molecule has 7 nitrogen and oxygen atoms in total. The first-order chi connectivity index (χ1) is 8.30.